The fourth-order valence-electron chi connectivity index (χ4n) is 4.13. The number of aromatic nitrogens is 2. The number of likely N-dealkylation sites (tertiary alicyclic amines) is 1. The van der Waals surface area contributed by atoms with Crippen molar-refractivity contribution in [3.63, 3.8) is 0 Å². The molecular formula is C24H28N6O4S. The molecule has 35 heavy (non-hydrogen) atoms. The summed E-state index contributed by atoms with van der Waals surface area (Å²) in [6.45, 7) is 7.42. The number of anilines is 1. The number of nitrogens with one attached hydrogen (secondary N) is 1. The number of oxime groups is 1. The minimum atomic E-state index is -0.170. The number of hydrogen-bond acceptors (Lipinski definition) is 10. The van der Waals surface area contributed by atoms with Crippen molar-refractivity contribution in [2.45, 2.75) is 32.7 Å². The van der Waals surface area contributed by atoms with Gasteiger partial charge in [0.1, 0.15) is 22.8 Å². The van der Waals surface area contributed by atoms with E-state index < -0.39 is 0 Å². The average molecular weight is 497 g/mol. The molecule has 5 rings (SSSR count). The number of benzene rings is 1. The molecule has 0 atom stereocenters. The molecule has 1 saturated heterocycles. The van der Waals surface area contributed by atoms with Crippen LogP contribution in [-0.4, -0.2) is 65.6 Å². The number of carbonyl (C=O) groups excluding carboxylic acids is 1. The summed E-state index contributed by atoms with van der Waals surface area (Å²) < 4.78 is 11.0. The van der Waals surface area contributed by atoms with E-state index in [2.05, 4.69) is 25.3 Å². The number of fused-ring (bicyclic) bond motifs is 2. The Labute approximate surface area is 207 Å². The molecule has 0 unspecified atom stereocenters. The Morgan fingerprint density at radius 1 is 1.23 bits per heavy atom. The van der Waals surface area contributed by atoms with Crippen molar-refractivity contribution in [3.05, 3.63) is 40.4 Å². The number of nitrogen functional groups attached to an aromatic ring is 1. The van der Waals surface area contributed by atoms with Crippen LogP contribution in [0.3, 0.4) is 0 Å². The standard InChI is InChI=1S/C24H28N6O4S/c1-14(2)26-22(31)19-12-16-21(27-24(25)28-23(16)35-19)20(29-34-10-9-30-7-3-4-8-30)15-5-6-17-18(11-15)33-13-32-17/h5-6,11-12,14H,3-4,7-10,13H2,1-2H3,(H,26,31)(H2,25,27,28)/b29-20-. The van der Waals surface area contributed by atoms with Crippen molar-refractivity contribution >= 4 is 39.1 Å². The van der Waals surface area contributed by atoms with Crippen molar-refractivity contribution in [1.82, 2.24) is 20.2 Å². The van der Waals surface area contributed by atoms with Crippen LogP contribution in [0.2, 0.25) is 0 Å². The number of nitrogens with zero attached hydrogens (tertiary/aromatic N) is 4. The molecule has 0 bridgehead atoms. The van der Waals surface area contributed by atoms with E-state index >= 15 is 0 Å². The lowest BCUT2D eigenvalue weighted by Crippen LogP contribution is -2.29. The van der Waals surface area contributed by atoms with Gasteiger partial charge in [0, 0.05) is 23.5 Å². The van der Waals surface area contributed by atoms with Crippen molar-refractivity contribution in [2.24, 2.45) is 5.16 Å². The highest BCUT2D eigenvalue weighted by atomic mass is 32.1. The second kappa shape index (κ2) is 10.0. The number of rotatable bonds is 8. The molecule has 2 aromatic heterocycles. The van der Waals surface area contributed by atoms with Gasteiger partial charge >= 0.3 is 0 Å². The molecule has 3 N–H and O–H groups in total. The Kier molecular flexibility index (Phi) is 6.69. The van der Waals surface area contributed by atoms with Crippen LogP contribution < -0.4 is 20.5 Å². The molecule has 0 aliphatic carbocycles. The third-order valence-electron chi connectivity index (χ3n) is 5.78. The normalized spacial score (nSPS) is 15.8. The first-order valence-corrected chi connectivity index (χ1v) is 12.5. The molecule has 11 heteroatoms. The van der Waals surface area contributed by atoms with E-state index in [1.165, 1.54) is 24.2 Å². The van der Waals surface area contributed by atoms with Gasteiger partial charge in [-0.25, -0.2) is 9.97 Å². The maximum atomic E-state index is 12.7. The van der Waals surface area contributed by atoms with Crippen LogP contribution in [0.5, 0.6) is 11.5 Å². The number of ether oxygens (including phenoxy) is 2. The predicted octanol–water partition coefficient (Wildman–Crippen LogP) is 3.01. The van der Waals surface area contributed by atoms with Crippen molar-refractivity contribution in [3.8, 4) is 11.5 Å². The molecule has 0 saturated carbocycles. The van der Waals surface area contributed by atoms with Gasteiger partial charge in [0.15, 0.2) is 11.5 Å². The van der Waals surface area contributed by atoms with Gasteiger partial charge in [-0.15, -0.1) is 11.3 Å². The van der Waals surface area contributed by atoms with Gasteiger partial charge in [0.25, 0.3) is 5.91 Å². The third kappa shape index (κ3) is 5.15. The minimum absolute atomic E-state index is 0.0121. The summed E-state index contributed by atoms with van der Waals surface area (Å²) in [5, 5.41) is 8.09. The fraction of sp³-hybridized carbons (Fsp3) is 0.417. The molecule has 1 fully saturated rings. The molecule has 0 radical (unpaired) electrons. The number of nitrogens with two attached hydrogens (primary N) is 1. The zero-order valence-electron chi connectivity index (χ0n) is 19.7. The van der Waals surface area contributed by atoms with Gasteiger partial charge in [0.2, 0.25) is 12.7 Å². The zero-order chi connectivity index (χ0) is 24.4. The summed E-state index contributed by atoms with van der Waals surface area (Å²) in [6, 6.07) is 7.33. The molecule has 184 valence electrons. The van der Waals surface area contributed by atoms with Crippen LogP contribution in [0.1, 0.15) is 47.6 Å². The summed E-state index contributed by atoms with van der Waals surface area (Å²) in [6.07, 6.45) is 2.43. The molecule has 0 spiro atoms. The Morgan fingerprint density at radius 3 is 2.83 bits per heavy atom. The SMILES string of the molecule is CC(C)NC(=O)c1cc2c(/C(=N\OCCN3CCCC3)c3ccc4c(c3)OCO4)nc(N)nc2s1. The number of amides is 1. The van der Waals surface area contributed by atoms with Gasteiger partial charge < -0.3 is 25.4 Å². The third-order valence-corrected chi connectivity index (χ3v) is 6.80. The molecule has 10 nitrogen and oxygen atoms in total. The van der Waals surface area contributed by atoms with Crippen molar-refractivity contribution < 1.29 is 19.1 Å². The highest BCUT2D eigenvalue weighted by Crippen LogP contribution is 2.34. The summed E-state index contributed by atoms with van der Waals surface area (Å²) in [7, 11) is 0. The van der Waals surface area contributed by atoms with E-state index in [1.54, 1.807) is 6.07 Å². The van der Waals surface area contributed by atoms with Gasteiger partial charge in [-0.2, -0.15) is 0 Å². The highest BCUT2D eigenvalue weighted by Gasteiger charge is 2.23. The zero-order valence-corrected chi connectivity index (χ0v) is 20.6. The minimum Gasteiger partial charge on any atom is -0.454 e. The topological polar surface area (TPSA) is 124 Å². The number of carbonyl (C=O) groups is 1. The first kappa shape index (κ1) is 23.3. The van der Waals surface area contributed by atoms with E-state index in [0.29, 0.717) is 44.6 Å². The Hall–Kier alpha value is -3.44. The maximum Gasteiger partial charge on any atom is 0.261 e. The molecule has 1 amide bonds. The van der Waals surface area contributed by atoms with Crippen LogP contribution in [0, 0.1) is 0 Å². The molecule has 2 aliphatic heterocycles. The average Bonchev–Trinajstić information content (AvgIpc) is 3.58. The lowest BCUT2D eigenvalue weighted by Gasteiger charge is -2.14. The van der Waals surface area contributed by atoms with Crippen LogP contribution in [0.4, 0.5) is 5.95 Å². The largest absolute Gasteiger partial charge is 0.454 e. The van der Waals surface area contributed by atoms with Crippen LogP contribution in [-0.2, 0) is 4.84 Å². The summed E-state index contributed by atoms with van der Waals surface area (Å²) in [5.41, 5.74) is 7.78. The maximum absolute atomic E-state index is 12.7. The molecule has 3 aromatic rings. The Bertz CT molecular complexity index is 1270. The van der Waals surface area contributed by atoms with Gasteiger partial charge in [-0.1, -0.05) is 5.16 Å². The van der Waals surface area contributed by atoms with Crippen molar-refractivity contribution in [2.75, 3.05) is 38.8 Å². The number of hydrogen-bond donors (Lipinski definition) is 2. The second-order valence-electron chi connectivity index (χ2n) is 8.78. The highest BCUT2D eigenvalue weighted by molar-refractivity contribution is 7.20. The van der Waals surface area contributed by atoms with Crippen LogP contribution >= 0.6 is 11.3 Å². The second-order valence-corrected chi connectivity index (χ2v) is 9.81. The predicted molar refractivity (Wildman–Crippen MR) is 134 cm³/mol. The van der Waals surface area contributed by atoms with Crippen LogP contribution in [0.25, 0.3) is 10.2 Å². The lowest BCUT2D eigenvalue weighted by atomic mass is 10.0. The van der Waals surface area contributed by atoms with Crippen LogP contribution in [0.15, 0.2) is 29.4 Å². The summed E-state index contributed by atoms with van der Waals surface area (Å²) >= 11 is 1.26. The lowest BCUT2D eigenvalue weighted by molar-refractivity contribution is 0.0947. The van der Waals surface area contributed by atoms with E-state index in [9.17, 15) is 4.79 Å². The van der Waals surface area contributed by atoms with Crippen molar-refractivity contribution in [1.29, 1.82) is 0 Å². The molecule has 1 aromatic carbocycles. The van der Waals surface area contributed by atoms with Gasteiger partial charge in [-0.3, -0.25) is 9.69 Å². The smallest absolute Gasteiger partial charge is 0.261 e. The Balaban J connectivity index is 1.53. The summed E-state index contributed by atoms with van der Waals surface area (Å²) in [5.74, 6) is 1.21. The Morgan fingerprint density at radius 2 is 2.03 bits per heavy atom. The van der Waals surface area contributed by atoms with Gasteiger partial charge in [-0.05, 0) is 64.0 Å². The fourth-order valence-corrected chi connectivity index (χ4v) is 5.07. The summed E-state index contributed by atoms with van der Waals surface area (Å²) in [4.78, 5) is 30.8. The van der Waals surface area contributed by atoms with E-state index in [4.69, 9.17) is 20.0 Å². The van der Waals surface area contributed by atoms with E-state index in [0.717, 1.165) is 25.2 Å². The van der Waals surface area contributed by atoms with E-state index in [-0.39, 0.29) is 24.7 Å². The monoisotopic (exact) mass is 496 g/mol. The molecular weight excluding hydrogens is 468 g/mol. The quantitative estimate of drug-likeness (QED) is 0.277. The van der Waals surface area contributed by atoms with Gasteiger partial charge in [0.05, 0.1) is 4.88 Å². The first-order chi connectivity index (χ1) is 17.0. The molecule has 2 aliphatic rings. The van der Waals surface area contributed by atoms with E-state index in [1.807, 2.05) is 32.0 Å². The first-order valence-electron chi connectivity index (χ1n) is 11.7. The number of thiophene rings is 1. The molecule has 4 heterocycles.